The Kier molecular flexibility index (Phi) is 5.04. The lowest BCUT2D eigenvalue weighted by Crippen LogP contribution is -2.16. The molecule has 0 aliphatic heterocycles. The van der Waals surface area contributed by atoms with Crippen LogP contribution in [0.4, 0.5) is 5.82 Å². The highest BCUT2D eigenvalue weighted by Crippen LogP contribution is 2.28. The summed E-state index contributed by atoms with van der Waals surface area (Å²) < 4.78 is 12.5. The number of aromatic nitrogens is 2. The summed E-state index contributed by atoms with van der Waals surface area (Å²) in [6.07, 6.45) is 1.66. The number of nitrogens with one attached hydrogen (secondary N) is 1. The minimum Gasteiger partial charge on any atom is -0.493 e. The van der Waals surface area contributed by atoms with E-state index in [0.717, 1.165) is 0 Å². The summed E-state index contributed by atoms with van der Waals surface area (Å²) in [6, 6.07) is 7.03. The smallest absolute Gasteiger partial charge is 0.256 e. The van der Waals surface area contributed by atoms with Crippen LogP contribution in [0.15, 0.2) is 30.5 Å². The Morgan fingerprint density at radius 3 is 2.73 bits per heavy atom. The van der Waals surface area contributed by atoms with Crippen molar-refractivity contribution in [3.63, 3.8) is 0 Å². The molecule has 6 nitrogen and oxygen atoms in total. The number of benzene rings is 1. The lowest BCUT2D eigenvalue weighted by molar-refractivity contribution is 0.102. The van der Waals surface area contributed by atoms with E-state index >= 15 is 0 Å². The van der Waals surface area contributed by atoms with Crippen molar-refractivity contribution in [2.24, 2.45) is 0 Å². The SMILES string of the molecule is CCOc1cc(C(=O)Nc2ccnn2C(C)C)ccc1OC. The van der Waals surface area contributed by atoms with Crippen molar-refractivity contribution in [2.75, 3.05) is 19.0 Å². The van der Waals surface area contributed by atoms with Crippen LogP contribution in [-0.2, 0) is 0 Å². The van der Waals surface area contributed by atoms with Crippen LogP contribution in [0.5, 0.6) is 11.5 Å². The maximum absolute atomic E-state index is 12.4. The van der Waals surface area contributed by atoms with Gasteiger partial charge in [0.1, 0.15) is 5.82 Å². The molecule has 22 heavy (non-hydrogen) atoms. The van der Waals surface area contributed by atoms with Crippen LogP contribution in [0.1, 0.15) is 37.2 Å². The van der Waals surface area contributed by atoms with E-state index in [-0.39, 0.29) is 11.9 Å². The van der Waals surface area contributed by atoms with E-state index in [4.69, 9.17) is 9.47 Å². The summed E-state index contributed by atoms with van der Waals surface area (Å²) in [6.45, 7) is 6.39. The van der Waals surface area contributed by atoms with Gasteiger partial charge in [0, 0.05) is 17.7 Å². The van der Waals surface area contributed by atoms with Gasteiger partial charge in [0.05, 0.1) is 19.9 Å². The molecule has 1 aromatic carbocycles. The zero-order chi connectivity index (χ0) is 16.1. The van der Waals surface area contributed by atoms with Gasteiger partial charge in [-0.05, 0) is 39.0 Å². The Bertz CT molecular complexity index is 650. The molecule has 2 aromatic rings. The lowest BCUT2D eigenvalue weighted by Gasteiger charge is -2.13. The lowest BCUT2D eigenvalue weighted by atomic mass is 10.2. The maximum Gasteiger partial charge on any atom is 0.256 e. The van der Waals surface area contributed by atoms with Crippen molar-refractivity contribution in [1.29, 1.82) is 0 Å². The highest BCUT2D eigenvalue weighted by Gasteiger charge is 2.14. The van der Waals surface area contributed by atoms with Crippen LogP contribution >= 0.6 is 0 Å². The van der Waals surface area contributed by atoms with Crippen LogP contribution in [0.25, 0.3) is 0 Å². The van der Waals surface area contributed by atoms with E-state index in [9.17, 15) is 4.79 Å². The van der Waals surface area contributed by atoms with Crippen LogP contribution in [-0.4, -0.2) is 29.4 Å². The average molecular weight is 303 g/mol. The van der Waals surface area contributed by atoms with Gasteiger partial charge in [-0.3, -0.25) is 4.79 Å². The molecule has 0 saturated carbocycles. The van der Waals surface area contributed by atoms with Crippen molar-refractivity contribution >= 4 is 11.7 Å². The topological polar surface area (TPSA) is 65.4 Å². The van der Waals surface area contributed by atoms with E-state index < -0.39 is 0 Å². The highest BCUT2D eigenvalue weighted by molar-refractivity contribution is 6.04. The molecule has 2 rings (SSSR count). The van der Waals surface area contributed by atoms with E-state index in [1.165, 1.54) is 0 Å². The van der Waals surface area contributed by atoms with E-state index in [1.54, 1.807) is 42.3 Å². The minimum absolute atomic E-state index is 0.167. The van der Waals surface area contributed by atoms with Crippen molar-refractivity contribution < 1.29 is 14.3 Å². The third kappa shape index (κ3) is 3.39. The van der Waals surface area contributed by atoms with Gasteiger partial charge in [0.25, 0.3) is 5.91 Å². The molecule has 1 heterocycles. The summed E-state index contributed by atoms with van der Waals surface area (Å²) in [5.41, 5.74) is 0.501. The first kappa shape index (κ1) is 15.9. The number of rotatable bonds is 6. The number of ether oxygens (including phenoxy) is 2. The summed E-state index contributed by atoms with van der Waals surface area (Å²) in [5, 5.41) is 7.05. The minimum atomic E-state index is -0.217. The number of methoxy groups -OCH3 is 1. The second-order valence-corrected chi connectivity index (χ2v) is 5.01. The Morgan fingerprint density at radius 1 is 1.32 bits per heavy atom. The first-order valence-corrected chi connectivity index (χ1v) is 7.22. The number of hydrogen-bond donors (Lipinski definition) is 1. The molecule has 0 atom stereocenters. The molecule has 0 aliphatic carbocycles. The van der Waals surface area contributed by atoms with Gasteiger partial charge in [-0.25, -0.2) is 4.68 Å². The second-order valence-electron chi connectivity index (χ2n) is 5.01. The van der Waals surface area contributed by atoms with Crippen molar-refractivity contribution in [3.05, 3.63) is 36.0 Å². The van der Waals surface area contributed by atoms with Crippen molar-refractivity contribution in [2.45, 2.75) is 26.8 Å². The molecule has 0 saturated heterocycles. The molecule has 0 spiro atoms. The van der Waals surface area contributed by atoms with E-state index in [0.29, 0.717) is 29.5 Å². The highest BCUT2D eigenvalue weighted by atomic mass is 16.5. The summed E-state index contributed by atoms with van der Waals surface area (Å²) >= 11 is 0. The Balaban J connectivity index is 2.22. The van der Waals surface area contributed by atoms with Gasteiger partial charge in [-0.15, -0.1) is 0 Å². The maximum atomic E-state index is 12.4. The number of amides is 1. The second kappa shape index (κ2) is 6.98. The van der Waals surface area contributed by atoms with Crippen LogP contribution in [0.3, 0.4) is 0 Å². The molecule has 118 valence electrons. The average Bonchev–Trinajstić information content (AvgIpc) is 2.95. The fraction of sp³-hybridized carbons (Fsp3) is 0.375. The Morgan fingerprint density at radius 2 is 2.09 bits per heavy atom. The third-order valence-corrected chi connectivity index (χ3v) is 3.13. The normalized spacial score (nSPS) is 10.6. The van der Waals surface area contributed by atoms with E-state index in [1.807, 2.05) is 20.8 Å². The molecular formula is C16H21N3O3. The summed E-state index contributed by atoms with van der Waals surface area (Å²) in [5.74, 6) is 1.60. The standard InChI is InChI=1S/C16H21N3O3/c1-5-22-14-10-12(6-7-13(14)21-4)16(20)18-15-8-9-17-19(15)11(2)3/h6-11H,5H2,1-4H3,(H,18,20). The van der Waals surface area contributed by atoms with E-state index in [2.05, 4.69) is 10.4 Å². The zero-order valence-electron chi connectivity index (χ0n) is 13.3. The van der Waals surface area contributed by atoms with Crippen LogP contribution in [0, 0.1) is 0 Å². The number of carbonyl (C=O) groups is 1. The predicted octanol–water partition coefficient (Wildman–Crippen LogP) is 3.12. The molecule has 0 unspecified atom stereocenters. The molecule has 6 heteroatoms. The Labute approximate surface area is 130 Å². The zero-order valence-corrected chi connectivity index (χ0v) is 13.3. The van der Waals surface area contributed by atoms with Gasteiger partial charge in [-0.1, -0.05) is 0 Å². The van der Waals surface area contributed by atoms with Gasteiger partial charge in [0.2, 0.25) is 0 Å². The largest absolute Gasteiger partial charge is 0.493 e. The molecule has 1 N–H and O–H groups in total. The molecular weight excluding hydrogens is 282 g/mol. The predicted molar refractivity (Wildman–Crippen MR) is 84.7 cm³/mol. The third-order valence-electron chi connectivity index (χ3n) is 3.13. The summed E-state index contributed by atoms with van der Waals surface area (Å²) in [7, 11) is 1.57. The number of anilines is 1. The van der Waals surface area contributed by atoms with Gasteiger partial charge in [0.15, 0.2) is 11.5 Å². The quantitative estimate of drug-likeness (QED) is 0.890. The number of nitrogens with zero attached hydrogens (tertiary/aromatic N) is 2. The fourth-order valence-corrected chi connectivity index (χ4v) is 2.10. The van der Waals surface area contributed by atoms with Gasteiger partial charge >= 0.3 is 0 Å². The molecule has 0 aliphatic rings. The first-order chi connectivity index (χ1) is 10.6. The summed E-state index contributed by atoms with van der Waals surface area (Å²) in [4.78, 5) is 12.4. The number of carbonyl (C=O) groups excluding carboxylic acids is 1. The van der Waals surface area contributed by atoms with Crippen molar-refractivity contribution in [1.82, 2.24) is 9.78 Å². The molecule has 0 fully saturated rings. The molecule has 0 radical (unpaired) electrons. The molecule has 0 bridgehead atoms. The Hall–Kier alpha value is -2.50. The monoisotopic (exact) mass is 303 g/mol. The first-order valence-electron chi connectivity index (χ1n) is 7.22. The van der Waals surface area contributed by atoms with Crippen LogP contribution in [0.2, 0.25) is 0 Å². The van der Waals surface area contributed by atoms with Crippen LogP contribution < -0.4 is 14.8 Å². The van der Waals surface area contributed by atoms with Gasteiger partial charge < -0.3 is 14.8 Å². The fourth-order valence-electron chi connectivity index (χ4n) is 2.10. The van der Waals surface area contributed by atoms with Crippen molar-refractivity contribution in [3.8, 4) is 11.5 Å². The number of hydrogen-bond acceptors (Lipinski definition) is 4. The molecule has 1 aromatic heterocycles. The van der Waals surface area contributed by atoms with Gasteiger partial charge in [-0.2, -0.15) is 5.10 Å². The molecule has 1 amide bonds.